The number of hydrogen-bond acceptors (Lipinski definition) is 3. The number of hydrogen-bond donors (Lipinski definition) is 1. The fourth-order valence-electron chi connectivity index (χ4n) is 1.40. The molecular weight excluding hydrogens is 196 g/mol. The summed E-state index contributed by atoms with van der Waals surface area (Å²) in [7, 11) is 0.236. The van der Waals surface area contributed by atoms with Crippen molar-refractivity contribution >= 4 is 14.0 Å². The first-order valence-corrected chi connectivity index (χ1v) is 8.61. The molecule has 0 aliphatic heterocycles. The van der Waals surface area contributed by atoms with Gasteiger partial charge >= 0.3 is 5.97 Å². The van der Waals surface area contributed by atoms with Crippen LogP contribution in [-0.2, 0) is 9.53 Å². The van der Waals surface area contributed by atoms with Gasteiger partial charge in [0.15, 0.2) is 0 Å². The van der Waals surface area contributed by atoms with E-state index < -0.39 is 8.07 Å². The zero-order valence-electron chi connectivity index (χ0n) is 9.51. The number of aliphatic hydroxyl groups is 1. The van der Waals surface area contributed by atoms with E-state index in [0.29, 0.717) is 13.0 Å². The molecule has 0 unspecified atom stereocenters. The van der Waals surface area contributed by atoms with E-state index in [1.54, 1.807) is 0 Å². The molecule has 0 aliphatic carbocycles. The fraction of sp³-hybridized carbons (Fsp3) is 0.900. The summed E-state index contributed by atoms with van der Waals surface area (Å²) in [4.78, 5) is 10.8. The van der Waals surface area contributed by atoms with Gasteiger partial charge in [0, 0.05) is 21.1 Å². The maximum absolute atomic E-state index is 10.8. The van der Waals surface area contributed by atoms with E-state index in [2.05, 4.69) is 17.8 Å². The van der Waals surface area contributed by atoms with Gasteiger partial charge in [-0.25, -0.2) is 0 Å². The Morgan fingerprint density at radius 2 is 1.93 bits per heavy atom. The number of ether oxygens (including phenoxy) is 1. The summed E-state index contributed by atoms with van der Waals surface area (Å²) in [6.45, 7) is 4.86. The lowest BCUT2D eigenvalue weighted by molar-refractivity contribution is -0.140. The minimum absolute atomic E-state index is 0.119. The van der Waals surface area contributed by atoms with Crippen molar-refractivity contribution in [2.45, 2.75) is 44.4 Å². The average molecular weight is 218 g/mol. The summed E-state index contributed by atoms with van der Waals surface area (Å²) in [6, 6.07) is 2.15. The van der Waals surface area contributed by atoms with Gasteiger partial charge in [0.05, 0.1) is 7.11 Å². The Kier molecular flexibility index (Phi) is 6.83. The molecule has 0 bridgehead atoms. The summed E-state index contributed by atoms with van der Waals surface area (Å²) in [5, 5.41) is 8.85. The Bertz CT molecular complexity index is 169. The summed E-state index contributed by atoms with van der Waals surface area (Å²) < 4.78 is 4.56. The third-order valence-electron chi connectivity index (χ3n) is 2.50. The number of aliphatic hydroxyl groups excluding tert-OH is 1. The molecule has 4 heteroatoms. The maximum Gasteiger partial charge on any atom is 0.305 e. The number of carbonyl (C=O) groups excluding carboxylic acids is 1. The molecule has 0 spiro atoms. The third-order valence-corrected chi connectivity index (χ3v) is 5.78. The molecule has 0 fully saturated rings. The molecule has 3 nitrogen and oxygen atoms in total. The molecule has 0 aromatic rings. The molecule has 0 aromatic carbocycles. The second kappa shape index (κ2) is 7.01. The lowest BCUT2D eigenvalue weighted by atomic mass is 10.2. The minimum Gasteiger partial charge on any atom is -0.469 e. The van der Waals surface area contributed by atoms with Gasteiger partial charge in [-0.2, -0.15) is 0 Å². The average Bonchev–Trinajstić information content (AvgIpc) is 2.12. The number of esters is 1. The highest BCUT2D eigenvalue weighted by Crippen LogP contribution is 2.18. The van der Waals surface area contributed by atoms with Crippen molar-refractivity contribution in [1.82, 2.24) is 0 Å². The molecule has 0 aromatic heterocycles. The first kappa shape index (κ1) is 13.6. The number of methoxy groups -OCH3 is 1. The van der Waals surface area contributed by atoms with Crippen molar-refractivity contribution in [2.24, 2.45) is 0 Å². The molecule has 14 heavy (non-hydrogen) atoms. The van der Waals surface area contributed by atoms with Crippen LogP contribution in [0.3, 0.4) is 0 Å². The van der Waals surface area contributed by atoms with Crippen LogP contribution in [0.5, 0.6) is 0 Å². The second-order valence-corrected chi connectivity index (χ2v) is 9.75. The van der Waals surface area contributed by atoms with Gasteiger partial charge in [-0.1, -0.05) is 25.6 Å². The van der Waals surface area contributed by atoms with Crippen LogP contribution in [0.15, 0.2) is 0 Å². The molecule has 0 saturated carbocycles. The number of carbonyl (C=O) groups is 1. The molecule has 1 N–H and O–H groups in total. The highest BCUT2D eigenvalue weighted by Gasteiger charge is 2.18. The molecule has 0 aliphatic rings. The molecule has 0 amide bonds. The van der Waals surface area contributed by atoms with Gasteiger partial charge in [0.25, 0.3) is 0 Å². The van der Waals surface area contributed by atoms with Gasteiger partial charge in [-0.05, 0) is 12.5 Å². The largest absolute Gasteiger partial charge is 0.469 e. The molecular formula is C10H22O3Si. The van der Waals surface area contributed by atoms with Crippen LogP contribution < -0.4 is 0 Å². The van der Waals surface area contributed by atoms with Crippen LogP contribution in [0, 0.1) is 0 Å². The molecule has 0 saturated heterocycles. The van der Waals surface area contributed by atoms with Crippen LogP contribution >= 0.6 is 0 Å². The summed E-state index contributed by atoms with van der Waals surface area (Å²) in [5.41, 5.74) is 0. The van der Waals surface area contributed by atoms with Crippen LogP contribution in [0.25, 0.3) is 0 Å². The topological polar surface area (TPSA) is 46.5 Å². The molecule has 0 rings (SSSR count). The van der Waals surface area contributed by atoms with Crippen molar-refractivity contribution in [2.75, 3.05) is 13.7 Å². The van der Waals surface area contributed by atoms with Crippen LogP contribution in [0.4, 0.5) is 0 Å². The Hall–Kier alpha value is -0.353. The van der Waals surface area contributed by atoms with Gasteiger partial charge in [0.1, 0.15) is 0 Å². The van der Waals surface area contributed by atoms with Gasteiger partial charge in [-0.3, -0.25) is 4.79 Å². The van der Waals surface area contributed by atoms with Crippen molar-refractivity contribution in [3.8, 4) is 0 Å². The number of unbranched alkanes of at least 4 members (excludes halogenated alkanes) is 1. The van der Waals surface area contributed by atoms with Crippen molar-refractivity contribution in [3.05, 3.63) is 0 Å². The van der Waals surface area contributed by atoms with Gasteiger partial charge in [-0.15, -0.1) is 0 Å². The minimum atomic E-state index is -1.19. The quantitative estimate of drug-likeness (QED) is 0.404. The summed E-state index contributed by atoms with van der Waals surface area (Å²) in [6.07, 6.45) is 2.52. The Labute approximate surface area is 87.5 Å². The Morgan fingerprint density at radius 1 is 1.29 bits per heavy atom. The smallest absolute Gasteiger partial charge is 0.305 e. The Balaban J connectivity index is 3.48. The lowest BCUT2D eigenvalue weighted by Gasteiger charge is -2.20. The molecule has 0 atom stereocenters. The Morgan fingerprint density at radius 3 is 2.43 bits per heavy atom. The van der Waals surface area contributed by atoms with E-state index in [1.165, 1.54) is 13.2 Å². The predicted molar refractivity (Wildman–Crippen MR) is 60.0 cm³/mol. The summed E-state index contributed by atoms with van der Waals surface area (Å²) >= 11 is 0. The monoisotopic (exact) mass is 218 g/mol. The van der Waals surface area contributed by atoms with E-state index in [4.69, 9.17) is 5.11 Å². The molecule has 0 radical (unpaired) electrons. The zero-order chi connectivity index (χ0) is 11.0. The SMILES string of the molecule is COC(=O)CCCC[Si](C)(C)CCO. The van der Waals surface area contributed by atoms with Gasteiger partial charge < -0.3 is 9.84 Å². The fourth-order valence-corrected chi connectivity index (χ4v) is 3.47. The van der Waals surface area contributed by atoms with Crippen molar-refractivity contribution in [3.63, 3.8) is 0 Å². The van der Waals surface area contributed by atoms with E-state index >= 15 is 0 Å². The molecule has 0 heterocycles. The van der Waals surface area contributed by atoms with Crippen LogP contribution in [0.2, 0.25) is 25.2 Å². The highest BCUT2D eigenvalue weighted by atomic mass is 28.3. The first-order chi connectivity index (χ1) is 6.52. The van der Waals surface area contributed by atoms with Gasteiger partial charge in [0.2, 0.25) is 0 Å². The van der Waals surface area contributed by atoms with Crippen LogP contribution in [0.1, 0.15) is 19.3 Å². The summed E-state index contributed by atoms with van der Waals surface area (Å²) in [5.74, 6) is -0.119. The zero-order valence-corrected chi connectivity index (χ0v) is 10.5. The van der Waals surface area contributed by atoms with E-state index in [9.17, 15) is 4.79 Å². The van der Waals surface area contributed by atoms with E-state index in [-0.39, 0.29) is 5.97 Å². The number of rotatable bonds is 7. The standard InChI is InChI=1S/C10H22O3Si/c1-13-10(12)6-4-5-8-14(2,3)9-7-11/h11H,4-9H2,1-3H3. The normalized spacial score (nSPS) is 11.4. The van der Waals surface area contributed by atoms with E-state index in [0.717, 1.165) is 18.9 Å². The molecule has 84 valence electrons. The maximum atomic E-state index is 10.8. The highest BCUT2D eigenvalue weighted by molar-refractivity contribution is 6.77. The first-order valence-electron chi connectivity index (χ1n) is 5.19. The lowest BCUT2D eigenvalue weighted by Crippen LogP contribution is -2.26. The van der Waals surface area contributed by atoms with E-state index in [1.807, 2.05) is 0 Å². The van der Waals surface area contributed by atoms with Crippen molar-refractivity contribution in [1.29, 1.82) is 0 Å². The van der Waals surface area contributed by atoms with Crippen molar-refractivity contribution < 1.29 is 14.6 Å². The van der Waals surface area contributed by atoms with Crippen LogP contribution in [-0.4, -0.2) is 32.9 Å². The third kappa shape index (κ3) is 7.09. The predicted octanol–water partition coefficient (Wildman–Crippen LogP) is 2.03. The second-order valence-electron chi connectivity index (χ2n) is 4.42.